The van der Waals surface area contributed by atoms with Crippen LogP contribution in [0.25, 0.3) is 0 Å². The summed E-state index contributed by atoms with van der Waals surface area (Å²) in [5, 5.41) is 12.1. The molecule has 2 rings (SSSR count). The Balaban J connectivity index is 1.78. The van der Waals surface area contributed by atoms with Gasteiger partial charge in [0.15, 0.2) is 0 Å². The second-order valence-corrected chi connectivity index (χ2v) is 5.85. The van der Waals surface area contributed by atoms with Crippen LogP contribution in [0.4, 0.5) is 0 Å². The summed E-state index contributed by atoms with van der Waals surface area (Å²) in [6, 6.07) is 0. The molecule has 0 amide bonds. The molecule has 0 aromatic carbocycles. The lowest BCUT2D eigenvalue weighted by atomic mass is 9.93. The van der Waals surface area contributed by atoms with E-state index in [4.69, 9.17) is 5.11 Å². The highest BCUT2D eigenvalue weighted by Crippen LogP contribution is 2.22. The number of aliphatic carboxylic acids is 1. The molecule has 0 aliphatic carbocycles. The van der Waals surface area contributed by atoms with Gasteiger partial charge >= 0.3 is 5.97 Å². The lowest BCUT2D eigenvalue weighted by Crippen LogP contribution is -2.34. The predicted molar refractivity (Wildman–Crippen MR) is 71.7 cm³/mol. The summed E-state index contributed by atoms with van der Waals surface area (Å²) in [6.07, 6.45) is 3.32. The molecule has 0 radical (unpaired) electrons. The van der Waals surface area contributed by atoms with Crippen molar-refractivity contribution in [2.45, 2.75) is 39.2 Å². The minimum Gasteiger partial charge on any atom is -0.481 e. The Hall–Kier alpha value is -0.940. The SMILES string of the molecule is CCc1nc(CN2CCC(CC(=O)O)CC2)cs1. The maximum atomic E-state index is 10.7. The van der Waals surface area contributed by atoms with Gasteiger partial charge in [0.1, 0.15) is 0 Å². The van der Waals surface area contributed by atoms with Crippen LogP contribution in [-0.2, 0) is 17.8 Å². The average Bonchev–Trinajstić information content (AvgIpc) is 2.79. The number of piperidine rings is 1. The van der Waals surface area contributed by atoms with Crippen molar-refractivity contribution in [1.29, 1.82) is 0 Å². The highest BCUT2D eigenvalue weighted by Gasteiger charge is 2.21. The minimum atomic E-state index is -0.666. The Bertz CT molecular complexity index is 397. The molecule has 18 heavy (non-hydrogen) atoms. The molecule has 1 aromatic rings. The van der Waals surface area contributed by atoms with E-state index in [1.54, 1.807) is 11.3 Å². The Kier molecular flexibility index (Phi) is 4.72. The largest absolute Gasteiger partial charge is 0.481 e. The van der Waals surface area contributed by atoms with E-state index >= 15 is 0 Å². The highest BCUT2D eigenvalue weighted by atomic mass is 32.1. The van der Waals surface area contributed by atoms with Gasteiger partial charge in [0.05, 0.1) is 10.7 Å². The van der Waals surface area contributed by atoms with Crippen LogP contribution >= 0.6 is 11.3 Å². The average molecular weight is 268 g/mol. The molecule has 0 unspecified atom stereocenters. The molecule has 1 aromatic heterocycles. The molecular formula is C13H20N2O2S. The third-order valence-corrected chi connectivity index (χ3v) is 4.50. The Labute approximate surface area is 112 Å². The summed E-state index contributed by atoms with van der Waals surface area (Å²) in [5.74, 6) is -0.305. The van der Waals surface area contributed by atoms with Gasteiger partial charge in [0, 0.05) is 18.3 Å². The molecule has 1 saturated heterocycles. The van der Waals surface area contributed by atoms with E-state index in [0.717, 1.165) is 44.6 Å². The second kappa shape index (κ2) is 6.29. The number of rotatable bonds is 5. The first-order chi connectivity index (χ1) is 8.67. The lowest BCUT2D eigenvalue weighted by Gasteiger charge is -2.30. The van der Waals surface area contributed by atoms with Crippen molar-refractivity contribution in [3.8, 4) is 0 Å². The number of carboxylic acid groups (broad SMARTS) is 1. The molecule has 0 saturated carbocycles. The van der Waals surface area contributed by atoms with Gasteiger partial charge in [0.25, 0.3) is 0 Å². The fourth-order valence-electron chi connectivity index (χ4n) is 2.41. The number of hydrogen-bond acceptors (Lipinski definition) is 4. The zero-order valence-electron chi connectivity index (χ0n) is 10.8. The molecule has 1 N–H and O–H groups in total. The van der Waals surface area contributed by atoms with Gasteiger partial charge in [-0.1, -0.05) is 6.92 Å². The standard InChI is InChI=1S/C13H20N2O2S/c1-2-12-14-11(9-18-12)8-15-5-3-10(4-6-15)7-13(16)17/h9-10H,2-8H2,1H3,(H,16,17). The summed E-state index contributed by atoms with van der Waals surface area (Å²) in [4.78, 5) is 17.6. The van der Waals surface area contributed by atoms with Gasteiger partial charge in [-0.15, -0.1) is 11.3 Å². The number of aryl methyl sites for hydroxylation is 1. The topological polar surface area (TPSA) is 53.4 Å². The van der Waals surface area contributed by atoms with Crippen molar-refractivity contribution in [1.82, 2.24) is 9.88 Å². The Morgan fingerprint density at radius 1 is 1.56 bits per heavy atom. The van der Waals surface area contributed by atoms with E-state index in [0.29, 0.717) is 12.3 Å². The van der Waals surface area contributed by atoms with E-state index in [1.807, 2.05) is 0 Å². The van der Waals surface area contributed by atoms with Crippen molar-refractivity contribution >= 4 is 17.3 Å². The molecule has 100 valence electrons. The van der Waals surface area contributed by atoms with Gasteiger partial charge in [0.2, 0.25) is 0 Å². The van der Waals surface area contributed by atoms with Crippen LogP contribution in [0.5, 0.6) is 0 Å². The molecule has 0 atom stereocenters. The van der Waals surface area contributed by atoms with E-state index < -0.39 is 5.97 Å². The first kappa shape index (κ1) is 13.5. The van der Waals surface area contributed by atoms with Gasteiger partial charge in [-0.05, 0) is 38.3 Å². The first-order valence-corrected chi connectivity index (χ1v) is 7.42. The zero-order valence-corrected chi connectivity index (χ0v) is 11.6. The smallest absolute Gasteiger partial charge is 0.303 e. The Morgan fingerprint density at radius 2 is 2.28 bits per heavy atom. The van der Waals surface area contributed by atoms with Crippen molar-refractivity contribution in [2.24, 2.45) is 5.92 Å². The fraction of sp³-hybridized carbons (Fsp3) is 0.692. The molecule has 4 nitrogen and oxygen atoms in total. The molecule has 2 heterocycles. The summed E-state index contributed by atoms with van der Waals surface area (Å²) in [5.41, 5.74) is 1.16. The molecular weight excluding hydrogens is 248 g/mol. The number of thiazole rings is 1. The van der Waals surface area contributed by atoms with Crippen LogP contribution < -0.4 is 0 Å². The van der Waals surface area contributed by atoms with Crippen LogP contribution in [0.2, 0.25) is 0 Å². The minimum absolute atomic E-state index is 0.324. The van der Waals surface area contributed by atoms with Gasteiger partial charge in [-0.2, -0.15) is 0 Å². The van der Waals surface area contributed by atoms with Crippen molar-refractivity contribution < 1.29 is 9.90 Å². The fourth-order valence-corrected chi connectivity index (χ4v) is 3.14. The van der Waals surface area contributed by atoms with Crippen LogP contribution in [0, 0.1) is 5.92 Å². The van der Waals surface area contributed by atoms with Crippen LogP contribution in [-0.4, -0.2) is 34.0 Å². The summed E-state index contributed by atoms with van der Waals surface area (Å²) in [7, 11) is 0. The molecule has 0 bridgehead atoms. The van der Waals surface area contributed by atoms with Crippen molar-refractivity contribution in [2.75, 3.05) is 13.1 Å². The number of carboxylic acids is 1. The number of nitrogens with zero attached hydrogens (tertiary/aromatic N) is 2. The highest BCUT2D eigenvalue weighted by molar-refractivity contribution is 7.09. The molecule has 1 aliphatic rings. The molecule has 5 heteroatoms. The molecule has 1 aliphatic heterocycles. The number of hydrogen-bond donors (Lipinski definition) is 1. The van der Waals surface area contributed by atoms with Crippen LogP contribution in [0.15, 0.2) is 5.38 Å². The van der Waals surface area contributed by atoms with E-state index in [2.05, 4.69) is 22.2 Å². The zero-order chi connectivity index (χ0) is 13.0. The summed E-state index contributed by atoms with van der Waals surface area (Å²) in [6.45, 7) is 5.03. The normalized spacial score (nSPS) is 18.1. The van der Waals surface area contributed by atoms with Gasteiger partial charge in [-0.3, -0.25) is 9.69 Å². The number of aromatic nitrogens is 1. The summed E-state index contributed by atoms with van der Waals surface area (Å²) < 4.78 is 0. The van der Waals surface area contributed by atoms with E-state index in [-0.39, 0.29) is 0 Å². The lowest BCUT2D eigenvalue weighted by molar-refractivity contribution is -0.138. The van der Waals surface area contributed by atoms with E-state index in [1.165, 1.54) is 5.01 Å². The van der Waals surface area contributed by atoms with Gasteiger partial charge in [-0.25, -0.2) is 4.98 Å². The summed E-state index contributed by atoms with van der Waals surface area (Å²) >= 11 is 1.73. The van der Waals surface area contributed by atoms with Crippen molar-refractivity contribution in [3.05, 3.63) is 16.1 Å². The maximum Gasteiger partial charge on any atom is 0.303 e. The van der Waals surface area contributed by atoms with E-state index in [9.17, 15) is 4.79 Å². The quantitative estimate of drug-likeness (QED) is 0.891. The third kappa shape index (κ3) is 3.78. The van der Waals surface area contributed by atoms with Crippen LogP contribution in [0.1, 0.15) is 36.9 Å². The number of carbonyl (C=O) groups is 1. The van der Waals surface area contributed by atoms with Gasteiger partial charge < -0.3 is 5.11 Å². The third-order valence-electron chi connectivity index (χ3n) is 3.46. The van der Waals surface area contributed by atoms with Crippen molar-refractivity contribution in [3.63, 3.8) is 0 Å². The predicted octanol–water partition coefficient (Wildman–Crippen LogP) is 2.39. The molecule has 1 fully saturated rings. The Morgan fingerprint density at radius 3 is 2.83 bits per heavy atom. The monoisotopic (exact) mass is 268 g/mol. The first-order valence-electron chi connectivity index (χ1n) is 6.54. The van der Waals surface area contributed by atoms with Crippen LogP contribution in [0.3, 0.4) is 0 Å². The second-order valence-electron chi connectivity index (χ2n) is 4.90. The number of likely N-dealkylation sites (tertiary alicyclic amines) is 1. The molecule has 0 spiro atoms. The maximum absolute atomic E-state index is 10.7.